The number of nitrogens with one attached hydrogen (secondary N) is 1. The lowest BCUT2D eigenvalue weighted by atomic mass is 10.1. The Morgan fingerprint density at radius 3 is 2.81 bits per heavy atom. The Morgan fingerprint density at radius 2 is 2.14 bits per heavy atom. The number of benzene rings is 1. The van der Waals surface area contributed by atoms with Gasteiger partial charge in [0.2, 0.25) is 5.91 Å². The number of piperidine rings is 1. The average Bonchev–Trinajstić information content (AvgIpc) is 2.50. The summed E-state index contributed by atoms with van der Waals surface area (Å²) < 4.78 is 1.05. The third-order valence-corrected chi connectivity index (χ3v) is 4.84. The molecule has 4 nitrogen and oxygen atoms in total. The zero-order chi connectivity index (χ0) is 15.2. The fraction of sp³-hybridized carbons (Fsp3) is 0.562. The van der Waals surface area contributed by atoms with Crippen LogP contribution in [0.5, 0.6) is 0 Å². The summed E-state index contributed by atoms with van der Waals surface area (Å²) in [4.78, 5) is 16.3. The first-order chi connectivity index (χ1) is 10.1. The second kappa shape index (κ2) is 7.92. The number of amides is 1. The molecule has 0 bridgehead atoms. The molecule has 21 heavy (non-hydrogen) atoms. The topological polar surface area (TPSA) is 35.6 Å². The maximum Gasteiger partial charge on any atom is 0.236 e. The molecular formula is C16H24BrN3O. The molecule has 1 aliphatic rings. The van der Waals surface area contributed by atoms with Gasteiger partial charge in [0.1, 0.15) is 0 Å². The zero-order valence-electron chi connectivity index (χ0n) is 12.8. The van der Waals surface area contributed by atoms with Crippen molar-refractivity contribution in [3.8, 4) is 0 Å². The van der Waals surface area contributed by atoms with Gasteiger partial charge in [0.15, 0.2) is 0 Å². The molecule has 1 unspecified atom stereocenters. The summed E-state index contributed by atoms with van der Waals surface area (Å²) in [6.45, 7) is 3.20. The van der Waals surface area contributed by atoms with Crippen molar-refractivity contribution in [3.63, 3.8) is 0 Å². The van der Waals surface area contributed by atoms with Crippen LogP contribution in [0.3, 0.4) is 0 Å². The highest BCUT2D eigenvalue weighted by Gasteiger charge is 2.21. The smallest absolute Gasteiger partial charge is 0.236 e. The van der Waals surface area contributed by atoms with Crippen LogP contribution in [0.25, 0.3) is 0 Å². The first kappa shape index (κ1) is 16.5. The minimum atomic E-state index is 0.166. The molecule has 1 N–H and O–H groups in total. The Kier molecular flexibility index (Phi) is 6.21. The summed E-state index contributed by atoms with van der Waals surface area (Å²) >= 11 is 3.53. The first-order valence-electron chi connectivity index (χ1n) is 7.46. The molecule has 0 saturated carbocycles. The minimum Gasteiger partial charge on any atom is -0.340 e. The third-order valence-electron chi connectivity index (χ3n) is 4.07. The summed E-state index contributed by atoms with van der Waals surface area (Å²) in [5.74, 6) is 0.166. The maximum absolute atomic E-state index is 12.4. The van der Waals surface area contributed by atoms with Gasteiger partial charge in [0.25, 0.3) is 0 Å². The lowest BCUT2D eigenvalue weighted by molar-refractivity contribution is -0.131. The Balaban J connectivity index is 1.86. The molecule has 0 spiro atoms. The van der Waals surface area contributed by atoms with Gasteiger partial charge in [0, 0.05) is 30.7 Å². The van der Waals surface area contributed by atoms with Crippen LogP contribution in [0, 0.1) is 0 Å². The van der Waals surface area contributed by atoms with Gasteiger partial charge in [-0.05, 0) is 38.1 Å². The molecule has 1 atom stereocenters. The molecule has 1 aromatic rings. The number of halogens is 1. The maximum atomic E-state index is 12.4. The van der Waals surface area contributed by atoms with Gasteiger partial charge in [-0.15, -0.1) is 0 Å². The molecule has 2 rings (SSSR count). The predicted octanol–water partition coefficient (Wildman–Crippen LogP) is 2.09. The molecule has 0 radical (unpaired) electrons. The number of hydrogen-bond acceptors (Lipinski definition) is 3. The van der Waals surface area contributed by atoms with E-state index in [0.717, 1.165) is 23.1 Å². The zero-order valence-corrected chi connectivity index (χ0v) is 14.4. The van der Waals surface area contributed by atoms with E-state index < -0.39 is 0 Å². The molecular weight excluding hydrogens is 330 g/mol. The normalized spacial score (nSPS) is 18.8. The lowest BCUT2D eigenvalue weighted by Gasteiger charge is -2.32. The highest BCUT2D eigenvalue weighted by Crippen LogP contribution is 2.17. The molecule has 116 valence electrons. The van der Waals surface area contributed by atoms with E-state index in [0.29, 0.717) is 19.1 Å². The van der Waals surface area contributed by atoms with E-state index >= 15 is 0 Å². The fourth-order valence-corrected chi connectivity index (χ4v) is 3.05. The van der Waals surface area contributed by atoms with Crippen LogP contribution in [0.1, 0.15) is 18.4 Å². The molecule has 1 aromatic carbocycles. The highest BCUT2D eigenvalue weighted by atomic mass is 79.9. The van der Waals surface area contributed by atoms with E-state index in [9.17, 15) is 4.79 Å². The number of rotatable bonds is 5. The van der Waals surface area contributed by atoms with Gasteiger partial charge in [-0.1, -0.05) is 34.1 Å². The van der Waals surface area contributed by atoms with E-state index in [1.54, 1.807) is 4.90 Å². The minimum absolute atomic E-state index is 0.166. The Labute approximate surface area is 135 Å². The van der Waals surface area contributed by atoms with Gasteiger partial charge in [-0.2, -0.15) is 0 Å². The van der Waals surface area contributed by atoms with Gasteiger partial charge >= 0.3 is 0 Å². The first-order valence-corrected chi connectivity index (χ1v) is 8.25. The van der Waals surface area contributed by atoms with Crippen LogP contribution < -0.4 is 5.32 Å². The molecule has 1 amide bonds. The molecule has 1 heterocycles. The van der Waals surface area contributed by atoms with Gasteiger partial charge in [-0.3, -0.25) is 9.69 Å². The van der Waals surface area contributed by atoms with Crippen molar-refractivity contribution in [1.29, 1.82) is 0 Å². The van der Waals surface area contributed by atoms with Crippen molar-refractivity contribution in [2.45, 2.75) is 25.4 Å². The predicted molar refractivity (Wildman–Crippen MR) is 89.1 cm³/mol. The van der Waals surface area contributed by atoms with E-state index in [-0.39, 0.29) is 5.91 Å². The number of likely N-dealkylation sites (N-methyl/N-ethyl adjacent to an activating group) is 2. The van der Waals surface area contributed by atoms with Crippen molar-refractivity contribution in [2.75, 3.05) is 33.7 Å². The van der Waals surface area contributed by atoms with E-state index in [4.69, 9.17) is 0 Å². The van der Waals surface area contributed by atoms with Crippen LogP contribution in [0.2, 0.25) is 0 Å². The summed E-state index contributed by atoms with van der Waals surface area (Å²) in [5, 5.41) is 3.39. The van der Waals surface area contributed by atoms with Crippen molar-refractivity contribution in [2.24, 2.45) is 0 Å². The Morgan fingerprint density at radius 1 is 1.38 bits per heavy atom. The number of carbonyl (C=O) groups is 1. The van der Waals surface area contributed by atoms with Crippen LogP contribution in [-0.4, -0.2) is 55.5 Å². The number of nitrogens with zero attached hydrogens (tertiary/aromatic N) is 2. The molecule has 1 aliphatic heterocycles. The summed E-state index contributed by atoms with van der Waals surface area (Å²) in [7, 11) is 3.91. The van der Waals surface area contributed by atoms with Crippen LogP contribution in [0.15, 0.2) is 28.7 Å². The Bertz CT molecular complexity index is 474. The van der Waals surface area contributed by atoms with Crippen molar-refractivity contribution < 1.29 is 4.79 Å². The molecule has 0 aromatic heterocycles. The van der Waals surface area contributed by atoms with Crippen LogP contribution in [0.4, 0.5) is 0 Å². The monoisotopic (exact) mass is 353 g/mol. The van der Waals surface area contributed by atoms with E-state index in [1.807, 2.05) is 38.4 Å². The second-order valence-corrected chi connectivity index (χ2v) is 6.61. The van der Waals surface area contributed by atoms with E-state index in [2.05, 4.69) is 26.1 Å². The van der Waals surface area contributed by atoms with Crippen molar-refractivity contribution in [3.05, 3.63) is 34.3 Å². The van der Waals surface area contributed by atoms with Crippen LogP contribution in [-0.2, 0) is 11.3 Å². The largest absolute Gasteiger partial charge is 0.340 e. The van der Waals surface area contributed by atoms with Gasteiger partial charge in [0.05, 0.1) is 6.54 Å². The standard InChI is InChI=1S/C16H24BrN3O/c1-19(14-7-5-9-18-10-14)12-16(21)20(2)11-13-6-3-4-8-15(13)17/h3-4,6,8,14,18H,5,7,9-12H2,1-2H3. The van der Waals surface area contributed by atoms with Crippen molar-refractivity contribution >= 4 is 21.8 Å². The molecule has 5 heteroatoms. The number of hydrogen-bond donors (Lipinski definition) is 1. The van der Waals surface area contributed by atoms with Gasteiger partial charge in [-0.25, -0.2) is 0 Å². The second-order valence-electron chi connectivity index (χ2n) is 5.76. The molecule has 1 fully saturated rings. The molecule has 0 aliphatic carbocycles. The highest BCUT2D eigenvalue weighted by molar-refractivity contribution is 9.10. The van der Waals surface area contributed by atoms with E-state index in [1.165, 1.54) is 12.8 Å². The molecule has 1 saturated heterocycles. The SMILES string of the molecule is CN(Cc1ccccc1Br)C(=O)CN(C)C1CCCNC1. The summed E-state index contributed by atoms with van der Waals surface area (Å²) in [5.41, 5.74) is 1.13. The number of carbonyl (C=O) groups excluding carboxylic acids is 1. The third kappa shape index (κ3) is 4.80. The fourth-order valence-electron chi connectivity index (χ4n) is 2.64. The summed E-state index contributed by atoms with van der Waals surface area (Å²) in [6.07, 6.45) is 2.36. The quantitative estimate of drug-likeness (QED) is 0.880. The summed E-state index contributed by atoms with van der Waals surface area (Å²) in [6, 6.07) is 8.51. The lowest BCUT2D eigenvalue weighted by Crippen LogP contribution is -2.47. The Hall–Kier alpha value is -0.910. The average molecular weight is 354 g/mol. The van der Waals surface area contributed by atoms with Crippen LogP contribution >= 0.6 is 15.9 Å². The van der Waals surface area contributed by atoms with Crippen molar-refractivity contribution in [1.82, 2.24) is 15.1 Å². The van der Waals surface area contributed by atoms with Gasteiger partial charge < -0.3 is 10.2 Å².